The van der Waals surface area contributed by atoms with E-state index in [1.54, 1.807) is 11.8 Å². The average molecular weight is 192 g/mol. The van der Waals surface area contributed by atoms with Gasteiger partial charge in [0.05, 0.1) is 0 Å². The zero-order chi connectivity index (χ0) is 9.31. The molecule has 1 aliphatic rings. The van der Waals surface area contributed by atoms with Gasteiger partial charge in [-0.2, -0.15) is 0 Å². The molecule has 1 atom stereocenters. The van der Waals surface area contributed by atoms with E-state index >= 15 is 0 Å². The summed E-state index contributed by atoms with van der Waals surface area (Å²) >= 11 is 1.72. The van der Waals surface area contributed by atoms with Crippen LogP contribution in [-0.2, 0) is 0 Å². The Balaban J connectivity index is 2.22. The first-order valence-electron chi connectivity index (χ1n) is 4.31. The van der Waals surface area contributed by atoms with Crippen LogP contribution >= 0.6 is 11.8 Å². The van der Waals surface area contributed by atoms with E-state index in [1.807, 2.05) is 43.3 Å². The fourth-order valence-corrected chi connectivity index (χ4v) is 2.21. The molecule has 1 aliphatic heterocycles. The molecule has 1 nitrogen and oxygen atoms in total. The molecule has 0 aliphatic carbocycles. The lowest BCUT2D eigenvalue weighted by molar-refractivity contribution is 0.125. The molecule has 2 heteroatoms. The highest BCUT2D eigenvalue weighted by Gasteiger charge is 2.35. The molecule has 0 amide bonds. The second-order valence-corrected chi connectivity index (χ2v) is 4.50. The molecule has 1 fully saturated rings. The molecular weight excluding hydrogens is 180 g/mol. The first kappa shape index (κ1) is 8.85. The van der Waals surface area contributed by atoms with Crippen LogP contribution in [0.3, 0.4) is 0 Å². The minimum Gasteiger partial charge on any atom is -0.384 e. The Morgan fingerprint density at radius 2 is 2.08 bits per heavy atom. The van der Waals surface area contributed by atoms with Crippen LogP contribution < -0.4 is 0 Å². The van der Waals surface area contributed by atoms with Gasteiger partial charge in [-0.25, -0.2) is 0 Å². The lowest BCUT2D eigenvalue weighted by Gasteiger charge is -2.35. The summed E-state index contributed by atoms with van der Waals surface area (Å²) in [6, 6.07) is 10.1. The quantitative estimate of drug-likeness (QED) is 0.737. The van der Waals surface area contributed by atoms with Crippen LogP contribution in [0.2, 0.25) is 0 Å². The van der Waals surface area contributed by atoms with Crippen molar-refractivity contribution >= 4 is 17.8 Å². The fraction of sp³-hybridized carbons (Fsp3) is 0.273. The number of hydrogen-bond donors (Lipinski definition) is 1. The van der Waals surface area contributed by atoms with Gasteiger partial charge in [0.25, 0.3) is 0 Å². The Kier molecular flexibility index (Phi) is 2.18. The monoisotopic (exact) mass is 192 g/mol. The Morgan fingerprint density at radius 1 is 1.38 bits per heavy atom. The van der Waals surface area contributed by atoms with Crippen LogP contribution in [0.5, 0.6) is 0 Å². The van der Waals surface area contributed by atoms with Crippen LogP contribution in [0.1, 0.15) is 12.5 Å². The van der Waals surface area contributed by atoms with Crippen molar-refractivity contribution in [3.05, 3.63) is 40.8 Å². The third-order valence-corrected chi connectivity index (χ3v) is 3.71. The molecule has 1 unspecified atom stereocenters. The highest BCUT2D eigenvalue weighted by Crippen LogP contribution is 2.43. The average Bonchev–Trinajstić information content (AvgIpc) is 2.15. The Hall–Kier alpha value is -0.730. The SMILES string of the molecule is CC1(O)CS/C1=C\c1ccccc1. The van der Waals surface area contributed by atoms with Gasteiger partial charge in [0.1, 0.15) is 5.60 Å². The molecular formula is C11H12OS. The van der Waals surface area contributed by atoms with Crippen molar-refractivity contribution in [1.82, 2.24) is 0 Å². The zero-order valence-corrected chi connectivity index (χ0v) is 8.34. The maximum Gasteiger partial charge on any atom is 0.102 e. The van der Waals surface area contributed by atoms with Crippen molar-refractivity contribution in [2.75, 3.05) is 5.75 Å². The van der Waals surface area contributed by atoms with Crippen LogP contribution in [0.15, 0.2) is 35.2 Å². The van der Waals surface area contributed by atoms with Gasteiger partial charge in [-0.3, -0.25) is 0 Å². The first-order valence-corrected chi connectivity index (χ1v) is 5.29. The summed E-state index contributed by atoms with van der Waals surface area (Å²) in [7, 11) is 0. The zero-order valence-electron chi connectivity index (χ0n) is 7.53. The summed E-state index contributed by atoms with van der Waals surface area (Å²) in [6.45, 7) is 1.86. The van der Waals surface area contributed by atoms with Gasteiger partial charge in [0.2, 0.25) is 0 Å². The van der Waals surface area contributed by atoms with Crippen LogP contribution in [0, 0.1) is 0 Å². The van der Waals surface area contributed by atoms with Gasteiger partial charge in [-0.05, 0) is 18.6 Å². The molecule has 0 spiro atoms. The molecule has 13 heavy (non-hydrogen) atoms. The largest absolute Gasteiger partial charge is 0.384 e. The molecule has 68 valence electrons. The second kappa shape index (κ2) is 3.20. The predicted molar refractivity (Wildman–Crippen MR) is 57.5 cm³/mol. The minimum absolute atomic E-state index is 0.583. The summed E-state index contributed by atoms with van der Waals surface area (Å²) in [6.07, 6.45) is 2.05. The van der Waals surface area contributed by atoms with Crippen LogP contribution in [-0.4, -0.2) is 16.5 Å². The maximum absolute atomic E-state index is 9.75. The van der Waals surface area contributed by atoms with Crippen LogP contribution in [0.4, 0.5) is 0 Å². The van der Waals surface area contributed by atoms with E-state index in [0.717, 1.165) is 16.2 Å². The van der Waals surface area contributed by atoms with E-state index in [0.29, 0.717) is 0 Å². The highest BCUT2D eigenvalue weighted by molar-refractivity contribution is 8.05. The van der Waals surface area contributed by atoms with Crippen molar-refractivity contribution < 1.29 is 5.11 Å². The Labute approximate surface area is 82.5 Å². The van der Waals surface area contributed by atoms with Crippen LogP contribution in [0.25, 0.3) is 6.08 Å². The topological polar surface area (TPSA) is 20.2 Å². The molecule has 0 aromatic heterocycles. The summed E-state index contributed by atoms with van der Waals surface area (Å²) in [4.78, 5) is 1.07. The van der Waals surface area contributed by atoms with Gasteiger partial charge < -0.3 is 5.11 Å². The van der Waals surface area contributed by atoms with E-state index in [1.165, 1.54) is 0 Å². The van der Waals surface area contributed by atoms with Crippen molar-refractivity contribution in [2.24, 2.45) is 0 Å². The number of rotatable bonds is 1. The number of thioether (sulfide) groups is 1. The highest BCUT2D eigenvalue weighted by atomic mass is 32.2. The number of aliphatic hydroxyl groups is 1. The summed E-state index contributed by atoms with van der Waals surface area (Å²) in [5.41, 5.74) is 0.575. The van der Waals surface area contributed by atoms with E-state index < -0.39 is 5.60 Å². The summed E-state index contributed by atoms with van der Waals surface area (Å²) < 4.78 is 0. The molecule has 1 aromatic carbocycles. The van der Waals surface area contributed by atoms with E-state index in [9.17, 15) is 5.11 Å². The lowest BCUT2D eigenvalue weighted by atomic mass is 10.1. The second-order valence-electron chi connectivity index (χ2n) is 3.48. The third kappa shape index (κ3) is 1.79. The van der Waals surface area contributed by atoms with Crippen molar-refractivity contribution in [3.8, 4) is 0 Å². The standard InChI is InChI=1S/C11H12OS/c1-11(12)8-13-10(11)7-9-5-3-2-4-6-9/h2-7,12H,8H2,1H3/b10-7-. The maximum atomic E-state index is 9.75. The molecule has 0 radical (unpaired) electrons. The molecule has 0 bridgehead atoms. The summed E-state index contributed by atoms with van der Waals surface area (Å²) in [5.74, 6) is 0.811. The van der Waals surface area contributed by atoms with Crippen molar-refractivity contribution in [1.29, 1.82) is 0 Å². The number of benzene rings is 1. The third-order valence-electron chi connectivity index (χ3n) is 2.14. The van der Waals surface area contributed by atoms with E-state index in [2.05, 4.69) is 0 Å². The Morgan fingerprint density at radius 3 is 2.54 bits per heavy atom. The Bertz CT molecular complexity index is 327. The van der Waals surface area contributed by atoms with Gasteiger partial charge in [-0.1, -0.05) is 30.3 Å². The van der Waals surface area contributed by atoms with Gasteiger partial charge in [0, 0.05) is 10.7 Å². The van der Waals surface area contributed by atoms with Gasteiger partial charge >= 0.3 is 0 Å². The normalized spacial score (nSPS) is 30.2. The number of hydrogen-bond acceptors (Lipinski definition) is 2. The molecule has 1 heterocycles. The van der Waals surface area contributed by atoms with Gasteiger partial charge in [0.15, 0.2) is 0 Å². The van der Waals surface area contributed by atoms with Crippen molar-refractivity contribution in [2.45, 2.75) is 12.5 Å². The lowest BCUT2D eigenvalue weighted by Crippen LogP contribution is -2.37. The minimum atomic E-state index is -0.583. The predicted octanol–water partition coefficient (Wildman–Crippen LogP) is 2.53. The van der Waals surface area contributed by atoms with Crippen molar-refractivity contribution in [3.63, 3.8) is 0 Å². The van der Waals surface area contributed by atoms with E-state index in [4.69, 9.17) is 0 Å². The summed E-state index contributed by atoms with van der Waals surface area (Å²) in [5, 5.41) is 9.75. The fourth-order valence-electron chi connectivity index (χ4n) is 1.26. The van der Waals surface area contributed by atoms with Gasteiger partial charge in [-0.15, -0.1) is 11.8 Å². The first-order chi connectivity index (χ1) is 6.18. The molecule has 0 saturated carbocycles. The van der Waals surface area contributed by atoms with E-state index in [-0.39, 0.29) is 0 Å². The smallest absolute Gasteiger partial charge is 0.102 e. The molecule has 1 aromatic rings. The molecule has 1 saturated heterocycles. The molecule has 2 rings (SSSR count). The molecule has 1 N–H and O–H groups in total.